The van der Waals surface area contributed by atoms with E-state index in [1.165, 1.54) is 23.3 Å². The van der Waals surface area contributed by atoms with Gasteiger partial charge in [0.15, 0.2) is 5.16 Å². The molecule has 0 aliphatic heterocycles. The van der Waals surface area contributed by atoms with Crippen molar-refractivity contribution in [1.29, 1.82) is 0 Å². The highest BCUT2D eigenvalue weighted by Crippen LogP contribution is 2.34. The molecule has 0 fully saturated rings. The summed E-state index contributed by atoms with van der Waals surface area (Å²) in [5.41, 5.74) is 1.29. The zero-order valence-electron chi connectivity index (χ0n) is 10.9. The summed E-state index contributed by atoms with van der Waals surface area (Å²) >= 11 is 3.28. The van der Waals surface area contributed by atoms with Crippen molar-refractivity contribution in [2.75, 3.05) is 5.75 Å². The van der Waals surface area contributed by atoms with E-state index in [-0.39, 0.29) is 5.56 Å². The smallest absolute Gasteiger partial charge is 0.260 e. The summed E-state index contributed by atoms with van der Waals surface area (Å²) in [5.74, 6) is 0.843. The van der Waals surface area contributed by atoms with Gasteiger partial charge in [-0.3, -0.25) is 4.79 Å². The molecule has 0 spiro atoms. The first-order valence-corrected chi connectivity index (χ1v) is 8.38. The second-order valence-electron chi connectivity index (χ2n) is 4.64. The van der Waals surface area contributed by atoms with Gasteiger partial charge in [-0.15, -0.1) is 11.3 Å². The van der Waals surface area contributed by atoms with E-state index in [2.05, 4.69) is 16.0 Å². The standard InChI is InChI=1S/C14H16N2OS2/c1-2-3-8-18-14-15-12(17)11-9-6-4-5-7-10(9)19-13(11)16-14/h2-3H,4-8H2,1H3,(H,15,16,17)/b3-2+. The number of fused-ring (bicyclic) bond motifs is 3. The number of rotatable bonds is 3. The maximum Gasteiger partial charge on any atom is 0.260 e. The Balaban J connectivity index is 2.04. The Hall–Kier alpha value is -1.07. The van der Waals surface area contributed by atoms with Crippen LogP contribution in [0, 0.1) is 0 Å². The monoisotopic (exact) mass is 292 g/mol. The predicted octanol–water partition coefficient (Wildman–Crippen LogP) is 3.53. The van der Waals surface area contributed by atoms with Gasteiger partial charge in [0.2, 0.25) is 0 Å². The first kappa shape index (κ1) is 12.9. The van der Waals surface area contributed by atoms with E-state index in [1.54, 1.807) is 23.1 Å². The van der Waals surface area contributed by atoms with Gasteiger partial charge in [0.25, 0.3) is 5.56 Å². The molecule has 3 rings (SSSR count). The third kappa shape index (κ3) is 2.49. The number of hydrogen-bond acceptors (Lipinski definition) is 4. The van der Waals surface area contributed by atoms with Crippen LogP contribution in [0.25, 0.3) is 10.2 Å². The van der Waals surface area contributed by atoms with Crippen LogP contribution in [-0.2, 0) is 12.8 Å². The van der Waals surface area contributed by atoms with Crippen LogP contribution in [-0.4, -0.2) is 15.7 Å². The van der Waals surface area contributed by atoms with Gasteiger partial charge in [0.05, 0.1) is 5.39 Å². The fourth-order valence-electron chi connectivity index (χ4n) is 2.44. The summed E-state index contributed by atoms with van der Waals surface area (Å²) in [6.45, 7) is 1.99. The molecule has 0 aromatic carbocycles. The number of thiophene rings is 1. The van der Waals surface area contributed by atoms with Crippen molar-refractivity contribution in [1.82, 2.24) is 9.97 Å². The van der Waals surface area contributed by atoms with Crippen molar-refractivity contribution in [3.05, 3.63) is 32.9 Å². The van der Waals surface area contributed by atoms with Crippen molar-refractivity contribution in [3.8, 4) is 0 Å². The number of H-pyrrole nitrogens is 1. The fourth-order valence-corrected chi connectivity index (χ4v) is 4.52. The number of allylic oxidation sites excluding steroid dienone is 1. The molecule has 100 valence electrons. The number of aromatic amines is 1. The number of hydrogen-bond donors (Lipinski definition) is 1. The number of nitrogens with one attached hydrogen (secondary N) is 1. The van der Waals surface area contributed by atoms with E-state index < -0.39 is 0 Å². The Kier molecular flexibility index (Phi) is 3.75. The summed E-state index contributed by atoms with van der Waals surface area (Å²) in [5, 5.41) is 1.57. The molecule has 3 nitrogen and oxygen atoms in total. The van der Waals surface area contributed by atoms with Gasteiger partial charge in [-0.05, 0) is 38.2 Å². The molecular weight excluding hydrogens is 276 g/mol. The summed E-state index contributed by atoms with van der Waals surface area (Å²) in [6.07, 6.45) is 8.64. The van der Waals surface area contributed by atoms with Gasteiger partial charge in [0.1, 0.15) is 4.83 Å². The topological polar surface area (TPSA) is 45.8 Å². The average molecular weight is 292 g/mol. The zero-order chi connectivity index (χ0) is 13.2. The van der Waals surface area contributed by atoms with E-state index in [0.29, 0.717) is 0 Å². The second-order valence-corrected chi connectivity index (χ2v) is 6.73. The molecule has 0 radical (unpaired) electrons. The number of aromatic nitrogens is 2. The molecule has 1 aliphatic carbocycles. The SMILES string of the molecule is C/C=C/CSc1nc2sc3c(c2c(=O)[nH]1)CCCC3. The normalized spacial score (nSPS) is 15.2. The number of nitrogens with zero attached hydrogens (tertiary/aromatic N) is 1. The molecule has 1 aliphatic rings. The lowest BCUT2D eigenvalue weighted by atomic mass is 9.97. The lowest BCUT2D eigenvalue weighted by Crippen LogP contribution is -2.10. The summed E-state index contributed by atoms with van der Waals surface area (Å²) in [7, 11) is 0. The molecule has 5 heteroatoms. The lowest BCUT2D eigenvalue weighted by molar-refractivity contribution is 0.700. The van der Waals surface area contributed by atoms with Crippen LogP contribution in [0.3, 0.4) is 0 Å². The quantitative estimate of drug-likeness (QED) is 0.535. The molecular formula is C14H16N2OS2. The third-order valence-electron chi connectivity index (χ3n) is 3.36. The fraction of sp³-hybridized carbons (Fsp3) is 0.429. The van der Waals surface area contributed by atoms with E-state index in [0.717, 1.165) is 34.0 Å². The minimum absolute atomic E-state index is 0.0346. The highest BCUT2D eigenvalue weighted by atomic mass is 32.2. The third-order valence-corrected chi connectivity index (χ3v) is 5.37. The van der Waals surface area contributed by atoms with Crippen LogP contribution in [0.2, 0.25) is 0 Å². The Bertz CT molecular complexity index is 685. The average Bonchev–Trinajstić information content (AvgIpc) is 2.77. The summed E-state index contributed by atoms with van der Waals surface area (Å²) < 4.78 is 0. The minimum Gasteiger partial charge on any atom is -0.301 e. The van der Waals surface area contributed by atoms with E-state index in [4.69, 9.17) is 0 Å². The van der Waals surface area contributed by atoms with Gasteiger partial charge >= 0.3 is 0 Å². The van der Waals surface area contributed by atoms with Crippen molar-refractivity contribution in [3.63, 3.8) is 0 Å². The molecule has 19 heavy (non-hydrogen) atoms. The van der Waals surface area contributed by atoms with Crippen molar-refractivity contribution < 1.29 is 0 Å². The molecule has 0 amide bonds. The Morgan fingerprint density at radius 1 is 1.42 bits per heavy atom. The molecule has 1 N–H and O–H groups in total. The molecule has 2 heterocycles. The molecule has 0 saturated carbocycles. The van der Waals surface area contributed by atoms with Crippen molar-refractivity contribution in [2.24, 2.45) is 0 Å². The van der Waals surface area contributed by atoms with E-state index in [1.807, 2.05) is 13.0 Å². The minimum atomic E-state index is 0.0346. The van der Waals surface area contributed by atoms with Gasteiger partial charge in [-0.2, -0.15) is 0 Å². The molecule has 0 atom stereocenters. The first-order valence-electron chi connectivity index (χ1n) is 6.58. The van der Waals surface area contributed by atoms with Crippen molar-refractivity contribution in [2.45, 2.75) is 37.8 Å². The highest BCUT2D eigenvalue weighted by Gasteiger charge is 2.19. The van der Waals surface area contributed by atoms with E-state index >= 15 is 0 Å². The highest BCUT2D eigenvalue weighted by molar-refractivity contribution is 7.99. The number of aryl methyl sites for hydroxylation is 2. The number of thioether (sulfide) groups is 1. The van der Waals surface area contributed by atoms with Crippen LogP contribution in [0.4, 0.5) is 0 Å². The maximum atomic E-state index is 12.2. The first-order chi connectivity index (χ1) is 9.29. The largest absolute Gasteiger partial charge is 0.301 e. The van der Waals surface area contributed by atoms with Crippen molar-refractivity contribution >= 4 is 33.3 Å². The zero-order valence-corrected chi connectivity index (χ0v) is 12.5. The van der Waals surface area contributed by atoms with Gasteiger partial charge in [-0.25, -0.2) is 4.98 Å². The molecule has 2 aromatic rings. The predicted molar refractivity (Wildman–Crippen MR) is 82.4 cm³/mol. The van der Waals surface area contributed by atoms with Gasteiger partial charge < -0.3 is 4.98 Å². The van der Waals surface area contributed by atoms with Crippen LogP contribution in [0.5, 0.6) is 0 Å². The Morgan fingerprint density at radius 3 is 3.11 bits per heavy atom. The Labute approximate surface area is 120 Å². The van der Waals surface area contributed by atoms with Gasteiger partial charge in [0, 0.05) is 10.6 Å². The maximum absolute atomic E-state index is 12.2. The molecule has 2 aromatic heterocycles. The lowest BCUT2D eigenvalue weighted by Gasteiger charge is -2.09. The summed E-state index contributed by atoms with van der Waals surface area (Å²) in [4.78, 5) is 22.1. The van der Waals surface area contributed by atoms with Crippen LogP contribution >= 0.6 is 23.1 Å². The summed E-state index contributed by atoms with van der Waals surface area (Å²) in [6, 6.07) is 0. The Morgan fingerprint density at radius 2 is 2.26 bits per heavy atom. The van der Waals surface area contributed by atoms with Gasteiger partial charge in [-0.1, -0.05) is 23.9 Å². The van der Waals surface area contributed by atoms with E-state index in [9.17, 15) is 4.79 Å². The molecule has 0 bridgehead atoms. The van der Waals surface area contributed by atoms with Crippen LogP contribution in [0.1, 0.15) is 30.2 Å². The molecule has 0 saturated heterocycles. The van der Waals surface area contributed by atoms with Crippen LogP contribution < -0.4 is 5.56 Å². The van der Waals surface area contributed by atoms with Crippen LogP contribution in [0.15, 0.2) is 22.1 Å². The molecule has 0 unspecified atom stereocenters. The second kappa shape index (κ2) is 5.51.